The molecule has 0 radical (unpaired) electrons. The van der Waals surface area contributed by atoms with E-state index in [9.17, 15) is 14.7 Å². The van der Waals surface area contributed by atoms with Crippen molar-refractivity contribution in [3.63, 3.8) is 0 Å². The fraction of sp³-hybridized carbons (Fsp3) is 0.667. The maximum atomic E-state index is 12.5. The van der Waals surface area contributed by atoms with Gasteiger partial charge in [0.2, 0.25) is 0 Å². The molecule has 1 aliphatic carbocycles. The molecular formula is C24H35NO5S. The Morgan fingerprint density at radius 2 is 1.94 bits per heavy atom. The quantitative estimate of drug-likeness (QED) is 0.393. The van der Waals surface area contributed by atoms with Gasteiger partial charge in [0.25, 0.3) is 0 Å². The summed E-state index contributed by atoms with van der Waals surface area (Å²) in [6.45, 7) is 11.5. The summed E-state index contributed by atoms with van der Waals surface area (Å²) in [6.07, 6.45) is 1.13. The maximum absolute atomic E-state index is 12.5. The molecule has 2 rings (SSSR count). The highest BCUT2D eigenvalue weighted by molar-refractivity contribution is 7.17. The lowest BCUT2D eigenvalue weighted by Gasteiger charge is -2.43. The van der Waals surface area contributed by atoms with Gasteiger partial charge in [-0.15, -0.1) is 11.3 Å². The highest BCUT2D eigenvalue weighted by Gasteiger charge is 2.40. The largest absolute Gasteiger partial charge is 0.465 e. The van der Waals surface area contributed by atoms with E-state index in [1.54, 1.807) is 6.07 Å². The van der Waals surface area contributed by atoms with E-state index >= 15 is 0 Å². The second-order valence-corrected chi connectivity index (χ2v) is 9.92. The van der Waals surface area contributed by atoms with E-state index in [0.717, 1.165) is 17.7 Å². The summed E-state index contributed by atoms with van der Waals surface area (Å²) in [5.41, 5.74) is 0.390. The van der Waals surface area contributed by atoms with Gasteiger partial charge in [-0.2, -0.15) is 0 Å². The molecule has 1 saturated carbocycles. The van der Waals surface area contributed by atoms with E-state index in [-0.39, 0.29) is 30.0 Å². The van der Waals surface area contributed by atoms with Crippen LogP contribution in [-0.4, -0.2) is 42.5 Å². The molecule has 31 heavy (non-hydrogen) atoms. The molecule has 1 heterocycles. The summed E-state index contributed by atoms with van der Waals surface area (Å²) in [5.74, 6) is 5.81. The number of hydrogen-bond donors (Lipinski definition) is 1. The SMILES string of the molecule is COC(=O)c1cc(C#CC(C)C)sc1N(C(C)C)C(O)[C@@H]1CC[C@@H](C)C[C@@H]1OC(C)=O. The Labute approximate surface area is 189 Å². The first-order chi connectivity index (χ1) is 14.5. The molecule has 1 aromatic rings. The Kier molecular flexibility index (Phi) is 8.96. The summed E-state index contributed by atoms with van der Waals surface area (Å²) in [6, 6.07) is 1.64. The fourth-order valence-corrected chi connectivity index (χ4v) is 5.19. The normalized spacial score (nSPS) is 21.9. The Hall–Kier alpha value is -2.04. The van der Waals surface area contributed by atoms with E-state index in [1.807, 2.05) is 32.6 Å². The number of carbonyl (C=O) groups excluding carboxylic acids is 2. The number of aliphatic hydroxyl groups is 1. The molecule has 172 valence electrons. The monoisotopic (exact) mass is 449 g/mol. The fourth-order valence-electron chi connectivity index (χ4n) is 4.01. The number of carbonyl (C=O) groups is 2. The van der Waals surface area contributed by atoms with E-state index in [4.69, 9.17) is 9.47 Å². The molecule has 0 aliphatic heterocycles. The minimum atomic E-state index is -0.912. The number of hydrogen-bond acceptors (Lipinski definition) is 7. The van der Waals surface area contributed by atoms with Crippen LogP contribution in [0.3, 0.4) is 0 Å². The molecule has 7 heteroatoms. The van der Waals surface area contributed by atoms with E-state index in [1.165, 1.54) is 25.4 Å². The number of anilines is 1. The van der Waals surface area contributed by atoms with Gasteiger partial charge in [-0.3, -0.25) is 4.79 Å². The number of aliphatic hydroxyl groups excluding tert-OH is 1. The molecular weight excluding hydrogens is 414 g/mol. The van der Waals surface area contributed by atoms with Gasteiger partial charge >= 0.3 is 11.9 Å². The summed E-state index contributed by atoms with van der Waals surface area (Å²) in [7, 11) is 1.35. The molecule has 0 spiro atoms. The van der Waals surface area contributed by atoms with Gasteiger partial charge in [0.05, 0.1) is 17.6 Å². The number of thiophene rings is 1. The average molecular weight is 450 g/mol. The summed E-state index contributed by atoms with van der Waals surface area (Å²) < 4.78 is 10.6. The van der Waals surface area contributed by atoms with Crippen molar-refractivity contribution in [1.82, 2.24) is 0 Å². The van der Waals surface area contributed by atoms with Crippen LogP contribution in [0.4, 0.5) is 5.00 Å². The highest BCUT2D eigenvalue weighted by atomic mass is 32.1. The van der Waals surface area contributed by atoms with Crippen molar-refractivity contribution in [2.24, 2.45) is 17.8 Å². The average Bonchev–Trinajstić information content (AvgIpc) is 3.08. The van der Waals surface area contributed by atoms with Crippen molar-refractivity contribution in [2.75, 3.05) is 12.0 Å². The maximum Gasteiger partial charge on any atom is 0.340 e. The lowest BCUT2D eigenvalue weighted by molar-refractivity contribution is -0.155. The molecule has 1 unspecified atom stereocenters. The van der Waals surface area contributed by atoms with Crippen LogP contribution in [0, 0.1) is 29.6 Å². The van der Waals surface area contributed by atoms with Crippen LogP contribution >= 0.6 is 11.3 Å². The predicted molar refractivity (Wildman–Crippen MR) is 123 cm³/mol. The van der Waals surface area contributed by atoms with E-state index in [0.29, 0.717) is 22.9 Å². The van der Waals surface area contributed by atoms with E-state index in [2.05, 4.69) is 18.8 Å². The van der Waals surface area contributed by atoms with Gasteiger partial charge in [-0.1, -0.05) is 39.0 Å². The Balaban J connectivity index is 2.47. The molecule has 6 nitrogen and oxygen atoms in total. The third kappa shape index (κ3) is 6.47. The number of nitrogens with zero attached hydrogens (tertiary/aromatic N) is 1. The molecule has 1 aliphatic rings. The first-order valence-corrected chi connectivity index (χ1v) is 11.7. The zero-order valence-corrected chi connectivity index (χ0v) is 20.4. The van der Waals surface area contributed by atoms with Gasteiger partial charge in [0.1, 0.15) is 17.3 Å². The molecule has 1 aromatic heterocycles. The van der Waals surface area contributed by atoms with Gasteiger partial charge < -0.3 is 19.5 Å². The lowest BCUT2D eigenvalue weighted by atomic mass is 9.79. The van der Waals surface area contributed by atoms with Crippen LogP contribution in [0.5, 0.6) is 0 Å². The van der Waals surface area contributed by atoms with Crippen molar-refractivity contribution in [3.8, 4) is 11.8 Å². The minimum Gasteiger partial charge on any atom is -0.465 e. The number of esters is 2. The van der Waals surface area contributed by atoms with Crippen LogP contribution in [0.1, 0.15) is 76.0 Å². The van der Waals surface area contributed by atoms with Crippen LogP contribution in [-0.2, 0) is 14.3 Å². The topological polar surface area (TPSA) is 76.1 Å². The number of ether oxygens (including phenoxy) is 2. The van der Waals surface area contributed by atoms with Gasteiger partial charge in [0.15, 0.2) is 0 Å². The molecule has 1 N–H and O–H groups in total. The third-order valence-electron chi connectivity index (χ3n) is 5.48. The van der Waals surface area contributed by atoms with Gasteiger partial charge in [-0.25, -0.2) is 4.79 Å². The Bertz CT molecular complexity index is 835. The van der Waals surface area contributed by atoms with Crippen molar-refractivity contribution in [2.45, 2.75) is 79.2 Å². The molecule has 0 bridgehead atoms. The molecule has 0 saturated heterocycles. The first-order valence-electron chi connectivity index (χ1n) is 10.9. The first kappa shape index (κ1) is 25.2. The predicted octanol–water partition coefficient (Wildman–Crippen LogP) is 4.44. The van der Waals surface area contributed by atoms with Crippen molar-refractivity contribution < 1.29 is 24.2 Å². The standard InChI is InChI=1S/C24H35NO5S/c1-14(2)8-10-18-13-20(24(28)29-7)23(31-18)25(15(3)4)22(27)19-11-9-16(5)12-21(19)30-17(6)26/h13-16,19,21-22,27H,9,11-12H2,1-7H3/t16-,19-,21+,22?/m1/s1. The van der Waals surface area contributed by atoms with Crippen molar-refractivity contribution in [3.05, 3.63) is 16.5 Å². The van der Waals surface area contributed by atoms with Crippen LogP contribution in [0.25, 0.3) is 0 Å². The van der Waals surface area contributed by atoms with Gasteiger partial charge in [-0.05, 0) is 38.7 Å². The number of methoxy groups -OCH3 is 1. The lowest BCUT2D eigenvalue weighted by Crippen LogP contribution is -2.51. The number of rotatable bonds is 6. The second kappa shape index (κ2) is 11.0. The van der Waals surface area contributed by atoms with E-state index < -0.39 is 12.2 Å². The summed E-state index contributed by atoms with van der Waals surface area (Å²) in [5, 5.41) is 12.1. The third-order valence-corrected chi connectivity index (χ3v) is 6.55. The molecule has 4 atom stereocenters. The summed E-state index contributed by atoms with van der Waals surface area (Å²) in [4.78, 5) is 26.8. The van der Waals surface area contributed by atoms with Crippen molar-refractivity contribution in [1.29, 1.82) is 0 Å². The van der Waals surface area contributed by atoms with Gasteiger partial charge in [0, 0.05) is 24.8 Å². The van der Waals surface area contributed by atoms with Crippen molar-refractivity contribution >= 4 is 28.3 Å². The Morgan fingerprint density at radius 3 is 2.48 bits per heavy atom. The van der Waals surface area contributed by atoms with Crippen LogP contribution in [0.15, 0.2) is 6.07 Å². The second-order valence-electron chi connectivity index (χ2n) is 8.89. The van der Waals surface area contributed by atoms with Crippen LogP contribution in [0.2, 0.25) is 0 Å². The van der Waals surface area contributed by atoms with Crippen LogP contribution < -0.4 is 4.90 Å². The molecule has 1 fully saturated rings. The molecule has 0 aromatic carbocycles. The molecule has 0 amide bonds. The summed E-state index contributed by atoms with van der Waals surface area (Å²) >= 11 is 1.37. The zero-order valence-electron chi connectivity index (χ0n) is 19.6. The smallest absolute Gasteiger partial charge is 0.340 e. The zero-order chi connectivity index (χ0) is 23.3. The minimum absolute atomic E-state index is 0.0970. The highest BCUT2D eigenvalue weighted by Crippen LogP contribution is 2.40. The Morgan fingerprint density at radius 1 is 1.26 bits per heavy atom.